The highest BCUT2D eigenvalue weighted by molar-refractivity contribution is 8.00. The fraction of sp³-hybridized carbons (Fsp3) is 0.208. The Labute approximate surface area is 184 Å². The molecule has 1 saturated carbocycles. The van der Waals surface area contributed by atoms with Crippen LogP contribution < -0.4 is 0 Å². The maximum absolute atomic E-state index is 13.4. The van der Waals surface area contributed by atoms with Gasteiger partial charge in [-0.15, -0.1) is 21.5 Å². The minimum Gasteiger partial charge on any atom is -0.303 e. The Kier molecular flexibility index (Phi) is 5.51. The molecule has 1 aliphatic carbocycles. The van der Waals surface area contributed by atoms with E-state index in [4.69, 9.17) is 0 Å². The maximum atomic E-state index is 13.4. The van der Waals surface area contributed by atoms with Crippen molar-refractivity contribution in [3.05, 3.63) is 100 Å². The highest BCUT2D eigenvalue weighted by atomic mass is 32.2. The predicted molar refractivity (Wildman–Crippen MR) is 121 cm³/mol. The molecule has 0 aliphatic heterocycles. The molecule has 2 heterocycles. The van der Waals surface area contributed by atoms with Crippen molar-refractivity contribution in [1.82, 2.24) is 14.8 Å². The van der Waals surface area contributed by atoms with Crippen molar-refractivity contribution in [2.45, 2.75) is 35.7 Å². The summed E-state index contributed by atoms with van der Waals surface area (Å²) in [6.07, 6.45) is 3.07. The Morgan fingerprint density at radius 1 is 1.00 bits per heavy atom. The van der Waals surface area contributed by atoms with Gasteiger partial charge in [0.25, 0.3) is 0 Å². The van der Waals surface area contributed by atoms with Gasteiger partial charge in [-0.05, 0) is 29.9 Å². The van der Waals surface area contributed by atoms with Crippen LogP contribution in [0.2, 0.25) is 0 Å². The Bertz CT molecular complexity index is 1120. The summed E-state index contributed by atoms with van der Waals surface area (Å²) in [5.41, 5.74) is 1.71. The van der Waals surface area contributed by atoms with Gasteiger partial charge >= 0.3 is 0 Å². The molecule has 0 N–H and O–H groups in total. The number of benzene rings is 2. The standard InChI is InChI=1S/C24H21N3OS2/c28-22(17-8-3-1-4-9-17)23(18-10-5-2-6-11-18)30-24-26-25-21(27(24)19-13-14-19)16-20-12-7-15-29-20/h1-12,15,19,23H,13-14,16H2/t23-/m1/s1. The van der Waals surface area contributed by atoms with E-state index < -0.39 is 0 Å². The van der Waals surface area contributed by atoms with Crippen LogP contribution in [0.3, 0.4) is 0 Å². The average Bonchev–Trinajstić information content (AvgIpc) is 3.35. The molecule has 4 nitrogen and oxygen atoms in total. The normalized spacial score (nSPS) is 14.5. The van der Waals surface area contributed by atoms with E-state index in [0.29, 0.717) is 6.04 Å². The monoisotopic (exact) mass is 431 g/mol. The summed E-state index contributed by atoms with van der Waals surface area (Å²) in [6, 6.07) is 24.1. The number of hydrogen-bond acceptors (Lipinski definition) is 5. The number of hydrogen-bond donors (Lipinski definition) is 0. The number of rotatable bonds is 8. The molecule has 0 bridgehead atoms. The molecule has 1 fully saturated rings. The van der Waals surface area contributed by atoms with Crippen LogP contribution in [0.5, 0.6) is 0 Å². The molecule has 0 radical (unpaired) electrons. The predicted octanol–water partition coefficient (Wildman–Crippen LogP) is 5.98. The second-order valence-electron chi connectivity index (χ2n) is 7.39. The molecule has 6 heteroatoms. The van der Waals surface area contributed by atoms with Gasteiger partial charge in [-0.2, -0.15) is 0 Å². The minimum atomic E-state index is -0.357. The minimum absolute atomic E-state index is 0.0944. The summed E-state index contributed by atoms with van der Waals surface area (Å²) >= 11 is 3.26. The van der Waals surface area contributed by atoms with E-state index in [1.54, 1.807) is 11.3 Å². The first-order chi connectivity index (χ1) is 14.8. The molecule has 0 spiro atoms. The van der Waals surface area contributed by atoms with Crippen LogP contribution in [0, 0.1) is 0 Å². The van der Waals surface area contributed by atoms with Crippen molar-refractivity contribution in [3.63, 3.8) is 0 Å². The number of carbonyl (C=O) groups excluding carboxylic acids is 1. The first kappa shape index (κ1) is 19.3. The Morgan fingerprint density at radius 2 is 1.73 bits per heavy atom. The molecule has 30 heavy (non-hydrogen) atoms. The molecule has 150 valence electrons. The Morgan fingerprint density at radius 3 is 2.40 bits per heavy atom. The smallest absolute Gasteiger partial charge is 0.192 e. The van der Waals surface area contributed by atoms with Crippen molar-refractivity contribution in [2.24, 2.45) is 0 Å². The second-order valence-corrected chi connectivity index (χ2v) is 9.50. The van der Waals surface area contributed by atoms with Crippen LogP contribution in [0.15, 0.2) is 83.3 Å². The summed E-state index contributed by atoms with van der Waals surface area (Å²) in [6.45, 7) is 0. The zero-order chi connectivity index (χ0) is 20.3. The van der Waals surface area contributed by atoms with Crippen LogP contribution in [-0.4, -0.2) is 20.5 Å². The number of aromatic nitrogens is 3. The zero-order valence-corrected chi connectivity index (χ0v) is 18.0. The van der Waals surface area contributed by atoms with Gasteiger partial charge in [0.2, 0.25) is 0 Å². The van der Waals surface area contributed by atoms with Gasteiger partial charge in [0.05, 0.1) is 0 Å². The number of carbonyl (C=O) groups is 1. The van der Waals surface area contributed by atoms with E-state index in [0.717, 1.165) is 41.4 Å². The first-order valence-electron chi connectivity index (χ1n) is 10.1. The van der Waals surface area contributed by atoms with Crippen LogP contribution in [0.1, 0.15) is 50.8 Å². The molecular weight excluding hydrogens is 410 g/mol. The lowest BCUT2D eigenvalue weighted by Gasteiger charge is -2.17. The quantitative estimate of drug-likeness (QED) is 0.254. The number of thioether (sulfide) groups is 1. The van der Waals surface area contributed by atoms with E-state index in [9.17, 15) is 4.79 Å². The third-order valence-corrected chi connectivity index (χ3v) is 7.27. The zero-order valence-electron chi connectivity index (χ0n) is 16.3. The van der Waals surface area contributed by atoms with Crippen molar-refractivity contribution >= 4 is 28.9 Å². The first-order valence-corrected chi connectivity index (χ1v) is 11.8. The van der Waals surface area contributed by atoms with Crippen molar-refractivity contribution in [1.29, 1.82) is 0 Å². The van der Waals surface area contributed by atoms with Crippen LogP contribution >= 0.6 is 23.1 Å². The SMILES string of the molecule is O=C(c1ccccc1)[C@H](Sc1nnc(Cc2cccs2)n1C1CC1)c1ccccc1. The van der Waals surface area contributed by atoms with Crippen LogP contribution in [-0.2, 0) is 6.42 Å². The Balaban J connectivity index is 1.49. The lowest BCUT2D eigenvalue weighted by molar-refractivity contribution is 0.0989. The van der Waals surface area contributed by atoms with Crippen LogP contribution in [0.4, 0.5) is 0 Å². The van der Waals surface area contributed by atoms with E-state index in [-0.39, 0.29) is 11.0 Å². The number of thiophene rings is 1. The average molecular weight is 432 g/mol. The third-order valence-electron chi connectivity index (χ3n) is 5.18. The number of Topliss-reactive ketones (excluding diaryl/α,β-unsaturated/α-hetero) is 1. The lowest BCUT2D eigenvalue weighted by atomic mass is 10.0. The molecule has 0 saturated heterocycles. The highest BCUT2D eigenvalue weighted by Gasteiger charge is 2.32. The maximum Gasteiger partial charge on any atom is 0.192 e. The largest absolute Gasteiger partial charge is 0.303 e. The van der Waals surface area contributed by atoms with Crippen molar-refractivity contribution in [2.75, 3.05) is 0 Å². The van der Waals surface area contributed by atoms with Crippen molar-refractivity contribution < 1.29 is 4.79 Å². The summed E-state index contributed by atoms with van der Waals surface area (Å²) < 4.78 is 2.26. The Hall–Kier alpha value is -2.70. The molecule has 2 aromatic carbocycles. The van der Waals surface area contributed by atoms with Gasteiger partial charge in [-0.1, -0.05) is 78.5 Å². The summed E-state index contributed by atoms with van der Waals surface area (Å²) in [5.74, 6) is 1.08. The van der Waals surface area contributed by atoms with Crippen molar-refractivity contribution in [3.8, 4) is 0 Å². The summed E-state index contributed by atoms with van der Waals surface area (Å²) in [5, 5.41) is 11.6. The molecule has 5 rings (SSSR count). The van der Waals surface area contributed by atoms with E-state index in [1.165, 1.54) is 16.6 Å². The van der Waals surface area contributed by atoms with Gasteiger partial charge < -0.3 is 4.57 Å². The lowest BCUT2D eigenvalue weighted by Crippen LogP contribution is -2.12. The van der Waals surface area contributed by atoms with Crippen LogP contribution in [0.25, 0.3) is 0 Å². The summed E-state index contributed by atoms with van der Waals surface area (Å²) in [7, 11) is 0. The van der Waals surface area contributed by atoms with E-state index >= 15 is 0 Å². The van der Waals surface area contributed by atoms with Gasteiger partial charge in [0, 0.05) is 22.9 Å². The highest BCUT2D eigenvalue weighted by Crippen LogP contribution is 2.43. The van der Waals surface area contributed by atoms with Gasteiger partial charge in [-0.25, -0.2) is 0 Å². The van der Waals surface area contributed by atoms with Gasteiger partial charge in [0.15, 0.2) is 10.9 Å². The summed E-state index contributed by atoms with van der Waals surface area (Å²) in [4.78, 5) is 14.7. The molecule has 2 aromatic heterocycles. The third kappa shape index (κ3) is 4.11. The van der Waals surface area contributed by atoms with E-state index in [2.05, 4.69) is 32.3 Å². The molecule has 1 atom stereocenters. The number of ketones is 1. The fourth-order valence-electron chi connectivity index (χ4n) is 3.54. The molecule has 1 aliphatic rings. The van der Waals surface area contributed by atoms with Gasteiger partial charge in [-0.3, -0.25) is 4.79 Å². The molecule has 0 unspecified atom stereocenters. The topological polar surface area (TPSA) is 47.8 Å². The molecule has 0 amide bonds. The molecule has 4 aromatic rings. The fourth-order valence-corrected chi connectivity index (χ4v) is 5.44. The number of nitrogens with zero attached hydrogens (tertiary/aromatic N) is 3. The molecular formula is C24H21N3OS2. The van der Waals surface area contributed by atoms with Gasteiger partial charge in [0.1, 0.15) is 11.1 Å². The second kappa shape index (κ2) is 8.58. The van der Waals surface area contributed by atoms with E-state index in [1.807, 2.05) is 60.7 Å².